The molecule has 0 heterocycles. The third kappa shape index (κ3) is 2.67. The Bertz CT molecular complexity index is 463. The lowest BCUT2D eigenvalue weighted by atomic mass is 9.89. The Hall–Kier alpha value is -1.77. The van der Waals surface area contributed by atoms with Crippen LogP contribution in [0.15, 0.2) is 30.4 Å². The summed E-state index contributed by atoms with van der Waals surface area (Å²) in [7, 11) is 0. The van der Waals surface area contributed by atoms with Crippen molar-refractivity contribution in [2.45, 2.75) is 32.3 Å². The van der Waals surface area contributed by atoms with Crippen LogP contribution >= 0.6 is 0 Å². The highest BCUT2D eigenvalue weighted by Crippen LogP contribution is 2.26. The molecule has 1 atom stereocenters. The van der Waals surface area contributed by atoms with Crippen LogP contribution in [0.4, 0.5) is 0 Å². The van der Waals surface area contributed by atoms with Crippen LogP contribution in [0.25, 0.3) is 0 Å². The Kier molecular flexibility index (Phi) is 3.18. The van der Waals surface area contributed by atoms with Crippen molar-refractivity contribution in [3.05, 3.63) is 41.5 Å². The summed E-state index contributed by atoms with van der Waals surface area (Å²) in [6.45, 7) is 5.21. The highest BCUT2D eigenvalue weighted by atomic mass is 16.5. The van der Waals surface area contributed by atoms with Gasteiger partial charge in [-0.3, -0.25) is 0 Å². The van der Waals surface area contributed by atoms with E-state index in [1.807, 2.05) is 6.07 Å². The standard InChI is InChI=1S/C14H16O3/c1-9(2)14(16)17-13-6-4-10-3-5-12(15)7-11(10)8-13/h3,5,7,13,15H,1,4,6,8H2,2H3. The second kappa shape index (κ2) is 4.62. The van der Waals surface area contributed by atoms with Gasteiger partial charge in [0.2, 0.25) is 0 Å². The van der Waals surface area contributed by atoms with E-state index in [0.29, 0.717) is 12.0 Å². The molecule has 1 aromatic carbocycles. The monoisotopic (exact) mass is 232 g/mol. The van der Waals surface area contributed by atoms with Crippen LogP contribution in [0.2, 0.25) is 0 Å². The summed E-state index contributed by atoms with van der Waals surface area (Å²) in [4.78, 5) is 11.4. The summed E-state index contributed by atoms with van der Waals surface area (Å²) < 4.78 is 5.33. The molecule has 0 fully saturated rings. The highest BCUT2D eigenvalue weighted by Gasteiger charge is 2.22. The number of phenols is 1. The fraction of sp³-hybridized carbons (Fsp3) is 0.357. The molecule has 0 saturated carbocycles. The highest BCUT2D eigenvalue weighted by molar-refractivity contribution is 5.87. The number of esters is 1. The second-order valence-electron chi connectivity index (χ2n) is 4.50. The van der Waals surface area contributed by atoms with Crippen LogP contribution in [0.3, 0.4) is 0 Å². The summed E-state index contributed by atoms with van der Waals surface area (Å²) in [5.74, 6) is -0.0748. The first kappa shape index (κ1) is 11.7. The number of rotatable bonds is 2. The molecule has 0 amide bonds. The van der Waals surface area contributed by atoms with Crippen LogP contribution in [0, 0.1) is 0 Å². The van der Waals surface area contributed by atoms with E-state index in [4.69, 9.17) is 4.74 Å². The van der Waals surface area contributed by atoms with Crippen molar-refractivity contribution in [1.29, 1.82) is 0 Å². The third-order valence-electron chi connectivity index (χ3n) is 3.00. The Morgan fingerprint density at radius 1 is 1.47 bits per heavy atom. The van der Waals surface area contributed by atoms with E-state index >= 15 is 0 Å². The van der Waals surface area contributed by atoms with Crippen LogP contribution in [-0.4, -0.2) is 17.2 Å². The summed E-state index contributed by atoms with van der Waals surface area (Å²) in [6, 6.07) is 5.37. The van der Waals surface area contributed by atoms with Gasteiger partial charge in [-0.2, -0.15) is 0 Å². The van der Waals surface area contributed by atoms with Gasteiger partial charge in [0.1, 0.15) is 11.9 Å². The molecule has 2 rings (SSSR count). The van der Waals surface area contributed by atoms with E-state index in [1.165, 1.54) is 5.56 Å². The lowest BCUT2D eigenvalue weighted by molar-refractivity contribution is -0.144. The van der Waals surface area contributed by atoms with Crippen LogP contribution < -0.4 is 0 Å². The number of benzene rings is 1. The molecule has 1 aliphatic rings. The van der Waals surface area contributed by atoms with Crippen molar-refractivity contribution >= 4 is 5.97 Å². The van der Waals surface area contributed by atoms with E-state index in [9.17, 15) is 9.90 Å². The SMILES string of the molecule is C=C(C)C(=O)OC1CCc2ccc(O)cc2C1. The topological polar surface area (TPSA) is 46.5 Å². The number of aryl methyl sites for hydroxylation is 1. The maximum absolute atomic E-state index is 11.4. The fourth-order valence-electron chi connectivity index (χ4n) is 2.06. The lowest BCUT2D eigenvalue weighted by Gasteiger charge is -2.24. The number of carbonyl (C=O) groups is 1. The van der Waals surface area contributed by atoms with Crippen molar-refractivity contribution in [2.24, 2.45) is 0 Å². The molecule has 3 heteroatoms. The predicted molar refractivity (Wildman–Crippen MR) is 64.8 cm³/mol. The number of hydrogen-bond acceptors (Lipinski definition) is 3. The number of ether oxygens (including phenoxy) is 1. The summed E-state index contributed by atoms with van der Waals surface area (Å²) in [5, 5.41) is 9.42. The number of carbonyl (C=O) groups excluding carboxylic acids is 1. The first-order valence-electron chi connectivity index (χ1n) is 5.73. The molecule has 1 N–H and O–H groups in total. The van der Waals surface area contributed by atoms with Gasteiger partial charge >= 0.3 is 5.97 Å². The van der Waals surface area contributed by atoms with Gasteiger partial charge in [0.25, 0.3) is 0 Å². The van der Waals surface area contributed by atoms with Gasteiger partial charge in [0, 0.05) is 12.0 Å². The van der Waals surface area contributed by atoms with Gasteiger partial charge in [-0.25, -0.2) is 4.79 Å². The summed E-state index contributed by atoms with van der Waals surface area (Å²) >= 11 is 0. The zero-order valence-electron chi connectivity index (χ0n) is 9.90. The molecule has 0 aromatic heterocycles. The van der Waals surface area contributed by atoms with E-state index in [0.717, 1.165) is 18.4 Å². The molecule has 1 unspecified atom stereocenters. The molecular formula is C14H16O3. The molecule has 0 radical (unpaired) electrons. The molecule has 0 spiro atoms. The van der Waals surface area contributed by atoms with Crippen LogP contribution in [-0.2, 0) is 22.4 Å². The molecular weight excluding hydrogens is 216 g/mol. The van der Waals surface area contributed by atoms with Crippen molar-refractivity contribution in [1.82, 2.24) is 0 Å². The normalized spacial score (nSPS) is 18.3. The smallest absolute Gasteiger partial charge is 0.333 e. The van der Waals surface area contributed by atoms with E-state index < -0.39 is 0 Å². The molecule has 0 saturated heterocycles. The van der Waals surface area contributed by atoms with E-state index in [1.54, 1.807) is 19.1 Å². The van der Waals surface area contributed by atoms with Crippen LogP contribution in [0.1, 0.15) is 24.5 Å². The first-order chi connectivity index (χ1) is 8.06. The number of phenolic OH excluding ortho intramolecular Hbond substituents is 1. The molecule has 0 bridgehead atoms. The number of hydrogen-bond donors (Lipinski definition) is 1. The van der Waals surface area contributed by atoms with E-state index in [-0.39, 0.29) is 17.8 Å². The number of fused-ring (bicyclic) bond motifs is 1. The van der Waals surface area contributed by atoms with Gasteiger partial charge in [-0.15, -0.1) is 0 Å². The minimum atomic E-state index is -0.335. The van der Waals surface area contributed by atoms with E-state index in [2.05, 4.69) is 6.58 Å². The van der Waals surface area contributed by atoms with Gasteiger partial charge in [-0.05, 0) is 43.0 Å². The largest absolute Gasteiger partial charge is 0.508 e. The average Bonchev–Trinajstić information content (AvgIpc) is 2.28. The Morgan fingerprint density at radius 2 is 2.24 bits per heavy atom. The summed E-state index contributed by atoms with van der Waals surface area (Å²) in [6.07, 6.45) is 2.28. The molecule has 90 valence electrons. The van der Waals surface area contributed by atoms with Gasteiger partial charge in [0.15, 0.2) is 0 Å². The molecule has 17 heavy (non-hydrogen) atoms. The van der Waals surface area contributed by atoms with Crippen molar-refractivity contribution in [2.75, 3.05) is 0 Å². The average molecular weight is 232 g/mol. The Balaban J connectivity index is 2.08. The van der Waals surface area contributed by atoms with Gasteiger partial charge in [-0.1, -0.05) is 12.6 Å². The Labute approximate surface area is 101 Å². The van der Waals surface area contributed by atoms with Crippen molar-refractivity contribution < 1.29 is 14.6 Å². The van der Waals surface area contributed by atoms with Gasteiger partial charge < -0.3 is 9.84 Å². The van der Waals surface area contributed by atoms with Crippen LogP contribution in [0.5, 0.6) is 5.75 Å². The van der Waals surface area contributed by atoms with Crippen molar-refractivity contribution in [3.8, 4) is 5.75 Å². The maximum atomic E-state index is 11.4. The molecule has 1 aromatic rings. The fourth-order valence-corrected chi connectivity index (χ4v) is 2.06. The second-order valence-corrected chi connectivity index (χ2v) is 4.50. The van der Waals surface area contributed by atoms with Gasteiger partial charge in [0.05, 0.1) is 0 Å². The van der Waals surface area contributed by atoms with Crippen molar-refractivity contribution in [3.63, 3.8) is 0 Å². The molecule has 3 nitrogen and oxygen atoms in total. The minimum absolute atomic E-state index is 0.103. The molecule has 1 aliphatic carbocycles. The lowest BCUT2D eigenvalue weighted by Crippen LogP contribution is -2.25. The zero-order chi connectivity index (χ0) is 12.4. The zero-order valence-corrected chi connectivity index (χ0v) is 9.90. The predicted octanol–water partition coefficient (Wildman–Crippen LogP) is 2.37. The first-order valence-corrected chi connectivity index (χ1v) is 5.73. The molecule has 0 aliphatic heterocycles. The summed E-state index contributed by atoms with van der Waals surface area (Å²) in [5.41, 5.74) is 2.72. The number of aromatic hydroxyl groups is 1. The quantitative estimate of drug-likeness (QED) is 0.629. The minimum Gasteiger partial charge on any atom is -0.508 e. The Morgan fingerprint density at radius 3 is 2.94 bits per heavy atom. The maximum Gasteiger partial charge on any atom is 0.333 e. The third-order valence-corrected chi connectivity index (χ3v) is 3.00.